The smallest absolute Gasteiger partial charge is 0.107 e. The molecule has 1 rings (SSSR count). The lowest BCUT2D eigenvalue weighted by atomic mass is 10.0. The first-order valence-electron chi connectivity index (χ1n) is 4.42. The van der Waals surface area contributed by atoms with Crippen LogP contribution in [0, 0.1) is 5.92 Å². The molecule has 3 N–H and O–H groups in total. The summed E-state index contributed by atoms with van der Waals surface area (Å²) in [6, 6.07) is 0.233. The van der Waals surface area contributed by atoms with Crippen LogP contribution in [-0.2, 0) is 6.42 Å². The first-order chi connectivity index (χ1) is 5.68. The van der Waals surface area contributed by atoms with Gasteiger partial charge >= 0.3 is 0 Å². The van der Waals surface area contributed by atoms with Gasteiger partial charge in [0.05, 0.1) is 0 Å². The van der Waals surface area contributed by atoms with E-state index in [9.17, 15) is 0 Å². The van der Waals surface area contributed by atoms with E-state index in [1.54, 1.807) is 6.20 Å². The van der Waals surface area contributed by atoms with Gasteiger partial charge in [-0.25, -0.2) is 4.98 Å². The van der Waals surface area contributed by atoms with Gasteiger partial charge in [-0.05, 0) is 12.3 Å². The fourth-order valence-corrected chi connectivity index (χ4v) is 1.35. The van der Waals surface area contributed by atoms with Crippen molar-refractivity contribution < 1.29 is 0 Å². The van der Waals surface area contributed by atoms with E-state index in [4.69, 9.17) is 5.73 Å². The fraction of sp³-hybridized carbons (Fsp3) is 0.667. The van der Waals surface area contributed by atoms with Gasteiger partial charge in [0.2, 0.25) is 0 Å². The van der Waals surface area contributed by atoms with E-state index >= 15 is 0 Å². The molecule has 0 bridgehead atoms. The average molecular weight is 167 g/mol. The van der Waals surface area contributed by atoms with Crippen LogP contribution in [0.15, 0.2) is 12.4 Å². The number of aromatic nitrogens is 2. The molecule has 0 aliphatic heterocycles. The molecule has 0 amide bonds. The van der Waals surface area contributed by atoms with Gasteiger partial charge in [0.15, 0.2) is 0 Å². The van der Waals surface area contributed by atoms with Crippen LogP contribution in [-0.4, -0.2) is 16.0 Å². The molecule has 1 atom stereocenters. The molecule has 1 aromatic heterocycles. The summed E-state index contributed by atoms with van der Waals surface area (Å²) >= 11 is 0. The summed E-state index contributed by atoms with van der Waals surface area (Å²) < 4.78 is 0. The summed E-state index contributed by atoms with van der Waals surface area (Å²) in [4.78, 5) is 7.18. The Morgan fingerprint density at radius 2 is 2.33 bits per heavy atom. The quantitative estimate of drug-likeness (QED) is 0.710. The second kappa shape index (κ2) is 4.26. The maximum Gasteiger partial charge on any atom is 0.107 e. The molecule has 0 radical (unpaired) electrons. The Balaban J connectivity index is 2.32. The van der Waals surface area contributed by atoms with Crippen molar-refractivity contribution in [1.29, 1.82) is 0 Å². The molecule has 3 nitrogen and oxygen atoms in total. The van der Waals surface area contributed by atoms with Crippen LogP contribution in [0.25, 0.3) is 0 Å². The van der Waals surface area contributed by atoms with Crippen LogP contribution < -0.4 is 5.73 Å². The number of imidazole rings is 1. The highest BCUT2D eigenvalue weighted by Gasteiger charge is 2.07. The molecular weight excluding hydrogens is 150 g/mol. The fourth-order valence-electron chi connectivity index (χ4n) is 1.35. The van der Waals surface area contributed by atoms with Crippen molar-refractivity contribution in [2.75, 3.05) is 0 Å². The van der Waals surface area contributed by atoms with Gasteiger partial charge in [-0.2, -0.15) is 0 Å². The normalized spacial score (nSPS) is 13.7. The van der Waals surface area contributed by atoms with E-state index in [1.807, 2.05) is 6.20 Å². The van der Waals surface area contributed by atoms with Crippen molar-refractivity contribution in [3.8, 4) is 0 Å². The molecule has 1 heterocycles. The lowest BCUT2D eigenvalue weighted by Crippen LogP contribution is -2.25. The summed E-state index contributed by atoms with van der Waals surface area (Å²) in [6.45, 7) is 4.37. The standard InChI is InChI=1S/C9H17N3/c1-7(2)5-8(10)6-9-11-3-4-12-9/h3-4,7-8H,5-6,10H2,1-2H3,(H,11,12). The Bertz CT molecular complexity index is 204. The van der Waals surface area contributed by atoms with Crippen molar-refractivity contribution in [2.45, 2.75) is 32.7 Å². The number of aromatic amines is 1. The summed E-state index contributed by atoms with van der Waals surface area (Å²) in [5, 5.41) is 0. The van der Waals surface area contributed by atoms with Gasteiger partial charge < -0.3 is 10.7 Å². The van der Waals surface area contributed by atoms with Gasteiger partial charge in [0, 0.05) is 24.9 Å². The molecule has 0 fully saturated rings. The summed E-state index contributed by atoms with van der Waals surface area (Å²) in [6.07, 6.45) is 5.50. The molecule has 0 aliphatic rings. The predicted molar refractivity (Wildman–Crippen MR) is 49.7 cm³/mol. The highest BCUT2D eigenvalue weighted by molar-refractivity contribution is 4.90. The van der Waals surface area contributed by atoms with Gasteiger partial charge in [-0.15, -0.1) is 0 Å². The van der Waals surface area contributed by atoms with Crippen molar-refractivity contribution in [3.05, 3.63) is 18.2 Å². The maximum atomic E-state index is 5.91. The van der Waals surface area contributed by atoms with E-state index in [0.717, 1.165) is 18.7 Å². The van der Waals surface area contributed by atoms with Crippen LogP contribution in [0.2, 0.25) is 0 Å². The summed E-state index contributed by atoms with van der Waals surface area (Å²) in [7, 11) is 0. The van der Waals surface area contributed by atoms with Crippen LogP contribution in [0.4, 0.5) is 0 Å². The lowest BCUT2D eigenvalue weighted by Gasteiger charge is -2.11. The second-order valence-corrected chi connectivity index (χ2v) is 3.63. The number of hydrogen-bond donors (Lipinski definition) is 2. The molecule has 3 heteroatoms. The van der Waals surface area contributed by atoms with Crippen molar-refractivity contribution >= 4 is 0 Å². The molecular formula is C9H17N3. The number of nitrogens with zero attached hydrogens (tertiary/aromatic N) is 1. The Kier molecular flexibility index (Phi) is 3.29. The highest BCUT2D eigenvalue weighted by Crippen LogP contribution is 2.05. The van der Waals surface area contributed by atoms with Gasteiger partial charge in [-0.1, -0.05) is 13.8 Å². The molecule has 12 heavy (non-hydrogen) atoms. The Hall–Kier alpha value is -0.830. The molecule has 0 saturated heterocycles. The molecule has 0 aromatic carbocycles. The first-order valence-corrected chi connectivity index (χ1v) is 4.42. The highest BCUT2D eigenvalue weighted by atomic mass is 14.9. The topological polar surface area (TPSA) is 54.7 Å². The minimum atomic E-state index is 0.233. The molecule has 0 aliphatic carbocycles. The zero-order valence-electron chi connectivity index (χ0n) is 7.75. The van der Waals surface area contributed by atoms with Gasteiger partial charge in [0.1, 0.15) is 5.82 Å². The van der Waals surface area contributed by atoms with Crippen molar-refractivity contribution in [1.82, 2.24) is 9.97 Å². The minimum absolute atomic E-state index is 0.233. The summed E-state index contributed by atoms with van der Waals surface area (Å²) in [5.74, 6) is 1.65. The van der Waals surface area contributed by atoms with E-state index < -0.39 is 0 Å². The van der Waals surface area contributed by atoms with Gasteiger partial charge in [-0.3, -0.25) is 0 Å². The SMILES string of the molecule is CC(C)CC(N)Cc1ncc[nH]1. The molecule has 68 valence electrons. The van der Waals surface area contributed by atoms with Crippen LogP contribution >= 0.6 is 0 Å². The molecule has 0 spiro atoms. The van der Waals surface area contributed by atoms with Crippen LogP contribution in [0.1, 0.15) is 26.1 Å². The number of nitrogens with two attached hydrogens (primary N) is 1. The number of H-pyrrole nitrogens is 1. The molecule has 0 saturated carbocycles. The maximum absolute atomic E-state index is 5.91. The number of nitrogens with one attached hydrogen (secondary N) is 1. The third-order valence-corrected chi connectivity index (χ3v) is 1.78. The zero-order chi connectivity index (χ0) is 8.97. The van der Waals surface area contributed by atoms with E-state index in [0.29, 0.717) is 5.92 Å². The molecule has 1 aromatic rings. The van der Waals surface area contributed by atoms with E-state index in [2.05, 4.69) is 23.8 Å². The van der Waals surface area contributed by atoms with Crippen molar-refractivity contribution in [3.63, 3.8) is 0 Å². The third kappa shape index (κ3) is 3.05. The largest absolute Gasteiger partial charge is 0.349 e. The summed E-state index contributed by atoms with van der Waals surface area (Å²) in [5.41, 5.74) is 5.91. The Morgan fingerprint density at radius 1 is 1.58 bits per heavy atom. The first kappa shape index (κ1) is 9.26. The van der Waals surface area contributed by atoms with Crippen molar-refractivity contribution in [2.24, 2.45) is 11.7 Å². The van der Waals surface area contributed by atoms with Gasteiger partial charge in [0.25, 0.3) is 0 Å². The van der Waals surface area contributed by atoms with E-state index in [1.165, 1.54) is 0 Å². The zero-order valence-corrected chi connectivity index (χ0v) is 7.75. The number of hydrogen-bond acceptors (Lipinski definition) is 2. The molecule has 1 unspecified atom stereocenters. The second-order valence-electron chi connectivity index (χ2n) is 3.63. The Morgan fingerprint density at radius 3 is 2.83 bits per heavy atom. The average Bonchev–Trinajstić information content (AvgIpc) is 2.37. The van der Waals surface area contributed by atoms with E-state index in [-0.39, 0.29) is 6.04 Å². The minimum Gasteiger partial charge on any atom is -0.349 e. The Labute approximate surface area is 73.4 Å². The monoisotopic (exact) mass is 167 g/mol. The van der Waals surface area contributed by atoms with Crippen LogP contribution in [0.5, 0.6) is 0 Å². The predicted octanol–water partition coefficient (Wildman–Crippen LogP) is 1.33. The lowest BCUT2D eigenvalue weighted by molar-refractivity contribution is 0.488. The number of rotatable bonds is 4. The van der Waals surface area contributed by atoms with Crippen LogP contribution in [0.3, 0.4) is 0 Å². The third-order valence-electron chi connectivity index (χ3n) is 1.78.